The topological polar surface area (TPSA) is 70.0 Å². The van der Waals surface area contributed by atoms with Crippen molar-refractivity contribution < 1.29 is 4.55 Å². The molecule has 0 radical (unpaired) electrons. The summed E-state index contributed by atoms with van der Waals surface area (Å²) in [6, 6.07) is 3.79. The first-order valence-electron chi connectivity index (χ1n) is 8.79. The maximum absolute atomic E-state index is 12.8. The first-order chi connectivity index (χ1) is 11.6. The molecule has 1 aliphatic carbocycles. The van der Waals surface area contributed by atoms with Gasteiger partial charge in [0.25, 0.3) is 5.56 Å². The van der Waals surface area contributed by atoms with Gasteiger partial charge in [0.1, 0.15) is 10.6 Å². The Labute approximate surface area is 152 Å². The lowest BCUT2D eigenvalue weighted by Crippen LogP contribution is -2.40. The van der Waals surface area contributed by atoms with E-state index in [-0.39, 0.29) is 16.3 Å². The van der Waals surface area contributed by atoms with E-state index in [1.54, 1.807) is 11.6 Å². The van der Waals surface area contributed by atoms with E-state index < -0.39 is 11.4 Å². The highest BCUT2D eigenvalue weighted by molar-refractivity contribution is 7.90. The maximum atomic E-state index is 12.8. The molecule has 0 saturated heterocycles. The molecule has 0 bridgehead atoms. The lowest BCUT2D eigenvalue weighted by Gasteiger charge is -2.27. The van der Waals surface area contributed by atoms with Crippen LogP contribution >= 0.6 is 0 Å². The van der Waals surface area contributed by atoms with Gasteiger partial charge in [0.05, 0.1) is 16.9 Å². The largest absolute Gasteiger partial charge is 0.598 e. The Morgan fingerprint density at radius 1 is 1.36 bits per heavy atom. The number of aryl methyl sites for hydroxylation is 1. The summed E-state index contributed by atoms with van der Waals surface area (Å²) in [5.74, 6) is 1.26. The number of rotatable bonds is 4. The van der Waals surface area contributed by atoms with Crippen LogP contribution in [0.3, 0.4) is 0 Å². The summed E-state index contributed by atoms with van der Waals surface area (Å²) in [6.45, 7) is 9.78. The van der Waals surface area contributed by atoms with Crippen LogP contribution in [-0.2, 0) is 18.4 Å². The summed E-state index contributed by atoms with van der Waals surface area (Å²) in [4.78, 5) is 17.7. The molecule has 136 valence electrons. The molecule has 2 aromatic rings. The Morgan fingerprint density at radius 3 is 2.56 bits per heavy atom. The van der Waals surface area contributed by atoms with E-state index >= 15 is 0 Å². The second-order valence-corrected chi connectivity index (χ2v) is 10.1. The zero-order valence-corrected chi connectivity index (χ0v) is 16.7. The molecule has 0 aliphatic heterocycles. The first-order valence-corrected chi connectivity index (χ1v) is 9.94. The monoisotopic (exact) mass is 361 g/mol. The van der Waals surface area contributed by atoms with Crippen LogP contribution in [0.2, 0.25) is 0 Å². The molecule has 1 heterocycles. The summed E-state index contributed by atoms with van der Waals surface area (Å²) in [7, 11) is 1.81. The number of fused-ring (bicyclic) bond motifs is 1. The minimum atomic E-state index is -1.19. The van der Waals surface area contributed by atoms with E-state index in [1.165, 1.54) is 0 Å². The Morgan fingerprint density at radius 2 is 2.00 bits per heavy atom. The van der Waals surface area contributed by atoms with Gasteiger partial charge < -0.3 is 4.55 Å². The molecule has 3 rings (SSSR count). The van der Waals surface area contributed by atoms with Crippen LogP contribution in [0.5, 0.6) is 0 Å². The number of hydrogen-bond donors (Lipinski definition) is 1. The van der Waals surface area contributed by atoms with Gasteiger partial charge in [0.2, 0.25) is 0 Å². The van der Waals surface area contributed by atoms with E-state index in [9.17, 15) is 9.35 Å². The number of nitrogens with zero attached hydrogens (tertiary/aromatic N) is 2. The minimum Gasteiger partial charge on any atom is -0.598 e. The highest BCUT2D eigenvalue weighted by atomic mass is 32.2. The van der Waals surface area contributed by atoms with Gasteiger partial charge in [-0.25, -0.2) is 4.98 Å². The number of benzene rings is 1. The Balaban J connectivity index is 2.12. The van der Waals surface area contributed by atoms with Crippen LogP contribution in [0.25, 0.3) is 10.9 Å². The normalized spacial score (nSPS) is 17.7. The third kappa shape index (κ3) is 3.61. The summed E-state index contributed by atoms with van der Waals surface area (Å²) in [5, 5.41) is 0.636. The van der Waals surface area contributed by atoms with Gasteiger partial charge in [0, 0.05) is 29.9 Å². The average Bonchev–Trinajstić information content (AvgIpc) is 3.34. The fraction of sp³-hybridized carbons (Fsp3) is 0.579. The first kappa shape index (κ1) is 18.4. The van der Waals surface area contributed by atoms with E-state index in [4.69, 9.17) is 4.98 Å². The van der Waals surface area contributed by atoms with Crippen LogP contribution in [0.4, 0.5) is 0 Å². The molecule has 0 spiro atoms. The molecule has 1 aromatic heterocycles. The fourth-order valence-corrected chi connectivity index (χ4v) is 3.81. The average molecular weight is 362 g/mol. The summed E-state index contributed by atoms with van der Waals surface area (Å²) in [5.41, 5.74) is 2.69. The Kier molecular flexibility index (Phi) is 4.73. The van der Waals surface area contributed by atoms with Gasteiger partial charge in [-0.1, -0.05) is 6.07 Å². The van der Waals surface area contributed by atoms with E-state index in [1.807, 2.05) is 46.8 Å². The third-order valence-corrected chi connectivity index (χ3v) is 6.32. The van der Waals surface area contributed by atoms with Crippen LogP contribution in [0.15, 0.2) is 16.9 Å². The Bertz CT molecular complexity index is 866. The molecular weight excluding hydrogens is 334 g/mol. The van der Waals surface area contributed by atoms with Crippen molar-refractivity contribution in [3.8, 4) is 0 Å². The van der Waals surface area contributed by atoms with Gasteiger partial charge in [0.15, 0.2) is 0 Å². The molecule has 1 saturated carbocycles. The van der Waals surface area contributed by atoms with Gasteiger partial charge in [-0.15, -0.1) is 4.72 Å². The van der Waals surface area contributed by atoms with Crippen molar-refractivity contribution >= 4 is 22.3 Å². The molecule has 5 nitrogen and oxygen atoms in total. The molecule has 2 atom stereocenters. The second-order valence-electron chi connectivity index (χ2n) is 8.08. The van der Waals surface area contributed by atoms with Crippen LogP contribution in [0.1, 0.15) is 69.4 Å². The van der Waals surface area contributed by atoms with Crippen molar-refractivity contribution in [1.29, 1.82) is 0 Å². The second kappa shape index (κ2) is 6.41. The summed E-state index contributed by atoms with van der Waals surface area (Å²) < 4.78 is 17.0. The summed E-state index contributed by atoms with van der Waals surface area (Å²) in [6.07, 6.45) is 2.18. The molecule has 1 N–H and O–H groups in total. The zero-order valence-electron chi connectivity index (χ0n) is 15.8. The molecular formula is C19H27N3O2S. The minimum absolute atomic E-state index is 0.000920. The standard InChI is InChI=1S/C19H27N3O2S/c1-11-9-14(12(2)21-25(24)19(3,4)5)16-15(10-11)18(23)22(6)17(20-16)13-7-8-13/h9-10,12-13,21H,7-8H2,1-6H3. The van der Waals surface area contributed by atoms with Crippen molar-refractivity contribution in [3.05, 3.63) is 39.4 Å². The number of nitrogens with one attached hydrogen (secondary N) is 1. The third-order valence-electron chi connectivity index (χ3n) is 4.64. The highest BCUT2D eigenvalue weighted by Gasteiger charge is 2.31. The lowest BCUT2D eigenvalue weighted by atomic mass is 10.0. The molecule has 0 amide bonds. The van der Waals surface area contributed by atoms with Gasteiger partial charge in [-0.3, -0.25) is 9.36 Å². The summed E-state index contributed by atoms with van der Waals surface area (Å²) >= 11 is -1.19. The SMILES string of the molecule is Cc1cc(C(C)N[S+]([O-])C(C)(C)C)c2nc(C3CC3)n(C)c(=O)c2c1. The molecule has 1 aromatic carbocycles. The lowest BCUT2D eigenvalue weighted by molar-refractivity contribution is 0.531. The van der Waals surface area contributed by atoms with Gasteiger partial charge in [-0.2, -0.15) is 0 Å². The van der Waals surface area contributed by atoms with Crippen molar-refractivity contribution in [1.82, 2.24) is 14.3 Å². The van der Waals surface area contributed by atoms with Gasteiger partial charge >= 0.3 is 0 Å². The van der Waals surface area contributed by atoms with Crippen LogP contribution < -0.4 is 10.3 Å². The molecule has 1 fully saturated rings. The van der Waals surface area contributed by atoms with Crippen molar-refractivity contribution in [2.24, 2.45) is 7.05 Å². The highest BCUT2D eigenvalue weighted by Crippen LogP contribution is 2.39. The predicted molar refractivity (Wildman–Crippen MR) is 103 cm³/mol. The van der Waals surface area contributed by atoms with Crippen molar-refractivity contribution in [3.63, 3.8) is 0 Å². The predicted octanol–water partition coefficient (Wildman–Crippen LogP) is 3.23. The maximum Gasteiger partial charge on any atom is 0.261 e. The van der Waals surface area contributed by atoms with Crippen molar-refractivity contribution in [2.75, 3.05) is 0 Å². The Hall–Kier alpha value is -1.37. The molecule has 2 unspecified atom stereocenters. The van der Waals surface area contributed by atoms with E-state index in [0.717, 1.165) is 35.3 Å². The van der Waals surface area contributed by atoms with Crippen LogP contribution in [0, 0.1) is 6.92 Å². The van der Waals surface area contributed by atoms with Crippen molar-refractivity contribution in [2.45, 2.75) is 64.2 Å². The number of hydrogen-bond acceptors (Lipinski definition) is 4. The molecule has 25 heavy (non-hydrogen) atoms. The zero-order chi connectivity index (χ0) is 18.5. The molecule has 6 heteroatoms. The number of aromatic nitrogens is 2. The quantitative estimate of drug-likeness (QED) is 0.849. The smallest absolute Gasteiger partial charge is 0.261 e. The van der Waals surface area contributed by atoms with Gasteiger partial charge in [-0.05, 0) is 59.1 Å². The van der Waals surface area contributed by atoms with E-state index in [0.29, 0.717) is 11.3 Å². The van der Waals surface area contributed by atoms with E-state index in [2.05, 4.69) is 4.72 Å². The molecule has 1 aliphatic rings. The fourth-order valence-electron chi connectivity index (χ4n) is 3.01. The van der Waals surface area contributed by atoms with Crippen LogP contribution in [-0.4, -0.2) is 18.9 Å².